The van der Waals surface area contributed by atoms with Gasteiger partial charge in [0, 0.05) is 37.6 Å². The van der Waals surface area contributed by atoms with E-state index in [0.717, 1.165) is 11.3 Å². The smallest absolute Gasteiger partial charge is 0.0706 e. The van der Waals surface area contributed by atoms with E-state index in [2.05, 4.69) is 42.1 Å². The van der Waals surface area contributed by atoms with Gasteiger partial charge in [-0.1, -0.05) is 39.2 Å². The molecule has 0 bridgehead atoms. The van der Waals surface area contributed by atoms with E-state index in [1.54, 1.807) is 0 Å². The highest BCUT2D eigenvalue weighted by atomic mass is 14.9. The van der Waals surface area contributed by atoms with Crippen LogP contribution in [0.15, 0.2) is 32.9 Å². The van der Waals surface area contributed by atoms with Crippen LogP contribution >= 0.6 is 0 Å². The van der Waals surface area contributed by atoms with Gasteiger partial charge in [-0.15, -0.1) is 0 Å². The van der Waals surface area contributed by atoms with Gasteiger partial charge >= 0.3 is 0 Å². The third-order valence-corrected chi connectivity index (χ3v) is 4.34. The third-order valence-electron chi connectivity index (χ3n) is 4.34. The van der Waals surface area contributed by atoms with Crippen molar-refractivity contribution in [3.8, 4) is 0 Å². The highest BCUT2D eigenvalue weighted by Crippen LogP contribution is 2.23. The highest BCUT2D eigenvalue weighted by Gasteiger charge is 2.19. The summed E-state index contributed by atoms with van der Waals surface area (Å²) in [4.78, 5) is 8.75. The number of nitrogens with one attached hydrogen (secondary N) is 1. The van der Waals surface area contributed by atoms with Crippen LogP contribution in [0.5, 0.6) is 0 Å². The molecule has 22 heavy (non-hydrogen) atoms. The number of rotatable bonds is 6. The summed E-state index contributed by atoms with van der Waals surface area (Å²) in [5.74, 6) is 0.426. The average molecular weight is 303 g/mol. The minimum atomic E-state index is 0.426. The average Bonchev–Trinajstić information content (AvgIpc) is 2.51. The van der Waals surface area contributed by atoms with Crippen molar-refractivity contribution in [3.63, 3.8) is 0 Å². The van der Waals surface area contributed by atoms with Crippen molar-refractivity contribution >= 4 is 11.9 Å². The summed E-state index contributed by atoms with van der Waals surface area (Å²) in [5, 5.41) is 3.76. The Morgan fingerprint density at radius 3 is 2.23 bits per heavy atom. The van der Waals surface area contributed by atoms with Gasteiger partial charge in [-0.3, -0.25) is 9.98 Å². The van der Waals surface area contributed by atoms with Crippen molar-refractivity contribution in [3.05, 3.63) is 22.9 Å². The van der Waals surface area contributed by atoms with E-state index in [9.17, 15) is 0 Å². The van der Waals surface area contributed by atoms with Crippen LogP contribution < -0.4 is 5.32 Å². The predicted octanol–water partition coefficient (Wildman–Crippen LogP) is 4.56. The lowest BCUT2D eigenvalue weighted by Crippen LogP contribution is -2.32. The van der Waals surface area contributed by atoms with Crippen LogP contribution in [0, 0.1) is 5.92 Å². The maximum absolute atomic E-state index is 4.57. The molecule has 0 amide bonds. The second-order valence-electron chi connectivity index (χ2n) is 6.38. The molecule has 0 unspecified atom stereocenters. The van der Waals surface area contributed by atoms with Gasteiger partial charge in [0.1, 0.15) is 0 Å². The second-order valence-corrected chi connectivity index (χ2v) is 6.38. The number of nitrogens with zero attached hydrogens (tertiary/aromatic N) is 2. The summed E-state index contributed by atoms with van der Waals surface area (Å²) >= 11 is 0. The van der Waals surface area contributed by atoms with Crippen LogP contribution in [0.2, 0.25) is 0 Å². The van der Waals surface area contributed by atoms with Crippen LogP contribution in [0.4, 0.5) is 0 Å². The van der Waals surface area contributed by atoms with Gasteiger partial charge < -0.3 is 5.32 Å². The van der Waals surface area contributed by atoms with Gasteiger partial charge in [0.15, 0.2) is 0 Å². The van der Waals surface area contributed by atoms with Gasteiger partial charge in [0.2, 0.25) is 0 Å². The minimum absolute atomic E-state index is 0.426. The molecule has 124 valence electrons. The molecule has 0 aromatic carbocycles. The molecule has 3 nitrogen and oxygen atoms in total. The topological polar surface area (TPSA) is 36.8 Å². The molecule has 0 spiro atoms. The van der Waals surface area contributed by atoms with E-state index in [0.29, 0.717) is 12.0 Å². The first-order valence-electron chi connectivity index (χ1n) is 8.58. The van der Waals surface area contributed by atoms with Crippen LogP contribution in [0.3, 0.4) is 0 Å². The summed E-state index contributed by atoms with van der Waals surface area (Å²) in [7, 11) is 3.68. The molecular weight excluding hydrogens is 270 g/mol. The first-order chi connectivity index (χ1) is 10.5. The lowest BCUT2D eigenvalue weighted by Gasteiger charge is -2.27. The molecule has 1 aliphatic carbocycles. The van der Waals surface area contributed by atoms with Crippen LogP contribution in [-0.4, -0.2) is 32.1 Å². The summed E-state index contributed by atoms with van der Waals surface area (Å²) in [6, 6.07) is 0.620. The van der Waals surface area contributed by atoms with E-state index in [1.807, 2.05) is 27.2 Å². The Morgan fingerprint density at radius 1 is 1.14 bits per heavy atom. The van der Waals surface area contributed by atoms with E-state index in [-0.39, 0.29) is 0 Å². The fourth-order valence-corrected chi connectivity index (χ4v) is 3.33. The van der Waals surface area contributed by atoms with Gasteiger partial charge in [-0.05, 0) is 38.2 Å². The molecule has 0 aromatic rings. The Morgan fingerprint density at radius 2 is 1.77 bits per heavy atom. The summed E-state index contributed by atoms with van der Waals surface area (Å²) in [5.41, 5.74) is 4.73. The zero-order valence-corrected chi connectivity index (χ0v) is 15.2. The van der Waals surface area contributed by atoms with Crippen molar-refractivity contribution in [2.24, 2.45) is 15.9 Å². The minimum Gasteiger partial charge on any atom is -0.386 e. The fourth-order valence-electron chi connectivity index (χ4n) is 3.33. The number of hydrogen-bond donors (Lipinski definition) is 1. The molecule has 0 saturated heterocycles. The van der Waals surface area contributed by atoms with Crippen molar-refractivity contribution in [2.45, 2.75) is 65.8 Å². The first kappa shape index (κ1) is 18.7. The maximum atomic E-state index is 4.57. The Balaban J connectivity index is 3.10. The number of allylic oxidation sites excluding steroid dienone is 4. The van der Waals surface area contributed by atoms with Gasteiger partial charge in [-0.25, -0.2) is 0 Å². The summed E-state index contributed by atoms with van der Waals surface area (Å²) < 4.78 is 0. The third kappa shape index (κ3) is 5.11. The number of aliphatic imine (C=N–C) groups is 2. The van der Waals surface area contributed by atoms with E-state index < -0.39 is 0 Å². The second kappa shape index (κ2) is 9.60. The quantitative estimate of drug-likeness (QED) is 0.718. The Bertz CT molecular complexity index is 461. The first-order valence-corrected chi connectivity index (χ1v) is 8.58. The molecule has 3 heteroatoms. The molecular formula is C19H33N3. The lowest BCUT2D eigenvalue weighted by atomic mass is 9.90. The van der Waals surface area contributed by atoms with E-state index in [1.165, 1.54) is 43.4 Å². The molecule has 0 aromatic heterocycles. The van der Waals surface area contributed by atoms with Crippen LogP contribution in [0.25, 0.3) is 0 Å². The largest absolute Gasteiger partial charge is 0.386 e. The van der Waals surface area contributed by atoms with Gasteiger partial charge in [-0.2, -0.15) is 0 Å². The Kier molecular flexibility index (Phi) is 8.15. The normalized spacial score (nSPS) is 19.8. The molecule has 1 aliphatic rings. The zero-order chi connectivity index (χ0) is 16.5. The predicted molar refractivity (Wildman–Crippen MR) is 99.1 cm³/mol. The van der Waals surface area contributed by atoms with Crippen molar-refractivity contribution in [1.82, 2.24) is 5.32 Å². The zero-order valence-electron chi connectivity index (χ0n) is 15.2. The monoisotopic (exact) mass is 303 g/mol. The maximum Gasteiger partial charge on any atom is 0.0706 e. The molecule has 0 aliphatic heterocycles. The van der Waals surface area contributed by atoms with E-state index in [4.69, 9.17) is 0 Å². The van der Waals surface area contributed by atoms with Crippen molar-refractivity contribution in [1.29, 1.82) is 0 Å². The van der Waals surface area contributed by atoms with Crippen molar-refractivity contribution in [2.75, 3.05) is 14.1 Å². The summed E-state index contributed by atoms with van der Waals surface area (Å²) in [6.45, 7) is 8.72. The number of hydrogen-bond acceptors (Lipinski definition) is 3. The fraction of sp³-hybridized carbons (Fsp3) is 0.684. The Hall–Kier alpha value is -1.38. The van der Waals surface area contributed by atoms with Crippen LogP contribution in [-0.2, 0) is 0 Å². The molecule has 1 saturated carbocycles. The SMILES string of the molecule is C/C=C(\C=NC)C(=NC)/C(=C(/C)NC1CCCCC1)C(C)C. The van der Waals surface area contributed by atoms with Crippen molar-refractivity contribution < 1.29 is 0 Å². The molecule has 0 heterocycles. The lowest BCUT2D eigenvalue weighted by molar-refractivity contribution is 0.395. The molecule has 1 fully saturated rings. The molecule has 1 rings (SSSR count). The van der Waals surface area contributed by atoms with Gasteiger partial charge in [0.25, 0.3) is 0 Å². The highest BCUT2D eigenvalue weighted by molar-refractivity contribution is 6.24. The standard InChI is InChI=1S/C19H33N3/c1-7-16(13-20-5)19(21-6)18(14(2)3)15(4)22-17-11-9-8-10-12-17/h7,13-14,17,22H,8-12H2,1-6H3/b16-7+,18-15-,20-13?,21-19?. The van der Waals surface area contributed by atoms with Crippen LogP contribution in [0.1, 0.15) is 59.8 Å². The molecule has 1 N–H and O–H groups in total. The summed E-state index contributed by atoms with van der Waals surface area (Å²) in [6.07, 6.45) is 10.6. The molecule has 0 radical (unpaired) electrons. The van der Waals surface area contributed by atoms with Gasteiger partial charge in [0.05, 0.1) is 5.71 Å². The van der Waals surface area contributed by atoms with E-state index >= 15 is 0 Å². The molecule has 0 atom stereocenters. The Labute approximate surface area is 136 Å².